The number of nitrogen functional groups attached to an aromatic ring is 1. The molecular formula is C15H24N2O. The first-order valence-corrected chi connectivity index (χ1v) is 6.99. The van der Waals surface area contributed by atoms with Gasteiger partial charge in [-0.3, -0.25) is 9.78 Å². The normalized spacial score (nSPS) is 10.5. The first-order valence-electron chi connectivity index (χ1n) is 6.99. The van der Waals surface area contributed by atoms with E-state index in [2.05, 4.69) is 11.9 Å². The molecule has 0 aromatic carbocycles. The van der Waals surface area contributed by atoms with Gasteiger partial charge in [0.15, 0.2) is 5.78 Å². The van der Waals surface area contributed by atoms with E-state index in [0.29, 0.717) is 17.8 Å². The summed E-state index contributed by atoms with van der Waals surface area (Å²) in [6.45, 7) is 2.22. The highest BCUT2D eigenvalue weighted by Gasteiger charge is 2.09. The maximum Gasteiger partial charge on any atom is 0.183 e. The van der Waals surface area contributed by atoms with Crippen molar-refractivity contribution in [2.75, 3.05) is 5.73 Å². The van der Waals surface area contributed by atoms with Gasteiger partial charge in [0.25, 0.3) is 0 Å². The molecule has 0 aliphatic rings. The molecule has 3 heteroatoms. The predicted octanol–water partition coefficient (Wildman–Crippen LogP) is 3.99. The predicted molar refractivity (Wildman–Crippen MR) is 75.6 cm³/mol. The summed E-state index contributed by atoms with van der Waals surface area (Å²) in [5, 5.41) is 0. The van der Waals surface area contributed by atoms with Crippen molar-refractivity contribution in [1.82, 2.24) is 4.98 Å². The fraction of sp³-hybridized carbons (Fsp3) is 0.600. The third kappa shape index (κ3) is 5.30. The van der Waals surface area contributed by atoms with Crippen molar-refractivity contribution in [3.63, 3.8) is 0 Å². The number of rotatable bonds is 9. The Labute approximate surface area is 110 Å². The van der Waals surface area contributed by atoms with Gasteiger partial charge in [0.1, 0.15) is 5.69 Å². The summed E-state index contributed by atoms with van der Waals surface area (Å²) in [4.78, 5) is 15.9. The third-order valence-corrected chi connectivity index (χ3v) is 3.11. The van der Waals surface area contributed by atoms with Gasteiger partial charge in [0, 0.05) is 12.6 Å². The number of Topliss-reactive ketones (excluding diaryl/α,β-unsaturated/α-hetero) is 1. The number of ketones is 1. The van der Waals surface area contributed by atoms with Gasteiger partial charge in [-0.1, -0.05) is 45.4 Å². The number of unbranched alkanes of at least 4 members (excludes halogenated alkanes) is 6. The SMILES string of the molecule is CCCCCCCCCC(=O)c1ncccc1N. The zero-order valence-electron chi connectivity index (χ0n) is 11.3. The number of carbonyl (C=O) groups excluding carboxylic acids is 1. The van der Waals surface area contributed by atoms with Crippen molar-refractivity contribution in [2.24, 2.45) is 0 Å². The smallest absolute Gasteiger partial charge is 0.183 e. The van der Waals surface area contributed by atoms with Gasteiger partial charge >= 0.3 is 0 Å². The highest BCUT2D eigenvalue weighted by atomic mass is 16.1. The molecule has 0 saturated carbocycles. The molecule has 0 unspecified atom stereocenters. The second-order valence-corrected chi connectivity index (χ2v) is 4.74. The third-order valence-electron chi connectivity index (χ3n) is 3.11. The standard InChI is InChI=1S/C15H24N2O/c1-2-3-4-5-6-7-8-11-14(18)15-13(16)10-9-12-17-15/h9-10,12H,2-8,11,16H2,1H3. The minimum Gasteiger partial charge on any atom is -0.397 e. The molecule has 0 radical (unpaired) electrons. The summed E-state index contributed by atoms with van der Waals surface area (Å²) in [7, 11) is 0. The summed E-state index contributed by atoms with van der Waals surface area (Å²) in [5.41, 5.74) is 6.65. The fourth-order valence-corrected chi connectivity index (χ4v) is 2.01. The van der Waals surface area contributed by atoms with Crippen molar-refractivity contribution >= 4 is 11.5 Å². The maximum absolute atomic E-state index is 11.9. The highest BCUT2D eigenvalue weighted by Crippen LogP contribution is 2.13. The van der Waals surface area contributed by atoms with Crippen LogP contribution in [0.2, 0.25) is 0 Å². The van der Waals surface area contributed by atoms with Gasteiger partial charge in [0.05, 0.1) is 5.69 Å². The van der Waals surface area contributed by atoms with Crippen LogP contribution in [0.5, 0.6) is 0 Å². The Hall–Kier alpha value is -1.38. The fourth-order valence-electron chi connectivity index (χ4n) is 2.01. The molecule has 0 aliphatic carbocycles. The monoisotopic (exact) mass is 248 g/mol. The van der Waals surface area contributed by atoms with E-state index in [1.54, 1.807) is 18.3 Å². The van der Waals surface area contributed by atoms with Crippen molar-refractivity contribution in [3.05, 3.63) is 24.0 Å². The summed E-state index contributed by atoms with van der Waals surface area (Å²) < 4.78 is 0. The van der Waals surface area contributed by atoms with Crippen LogP contribution in [0.25, 0.3) is 0 Å². The van der Waals surface area contributed by atoms with E-state index >= 15 is 0 Å². The van der Waals surface area contributed by atoms with E-state index in [4.69, 9.17) is 5.73 Å². The molecule has 0 bridgehead atoms. The molecule has 2 N–H and O–H groups in total. The second kappa shape index (κ2) is 8.67. The Morgan fingerprint density at radius 1 is 1.17 bits per heavy atom. The topological polar surface area (TPSA) is 56.0 Å². The number of nitrogens with zero attached hydrogens (tertiary/aromatic N) is 1. The van der Waals surface area contributed by atoms with E-state index in [-0.39, 0.29) is 5.78 Å². The second-order valence-electron chi connectivity index (χ2n) is 4.74. The van der Waals surface area contributed by atoms with Crippen LogP contribution in [0.3, 0.4) is 0 Å². The number of nitrogens with two attached hydrogens (primary N) is 1. The molecule has 0 spiro atoms. The van der Waals surface area contributed by atoms with Crippen LogP contribution < -0.4 is 5.73 Å². The van der Waals surface area contributed by atoms with E-state index < -0.39 is 0 Å². The van der Waals surface area contributed by atoms with E-state index in [1.165, 1.54) is 32.1 Å². The minimum absolute atomic E-state index is 0.0710. The average molecular weight is 248 g/mol. The van der Waals surface area contributed by atoms with Crippen LogP contribution in [-0.4, -0.2) is 10.8 Å². The molecule has 0 saturated heterocycles. The number of anilines is 1. The molecule has 0 aliphatic heterocycles. The molecule has 1 rings (SSSR count). The maximum atomic E-state index is 11.9. The Kier molecular flexibility index (Phi) is 7.07. The lowest BCUT2D eigenvalue weighted by Gasteiger charge is -2.03. The Morgan fingerprint density at radius 3 is 2.50 bits per heavy atom. The van der Waals surface area contributed by atoms with Crippen molar-refractivity contribution < 1.29 is 4.79 Å². The van der Waals surface area contributed by atoms with Crippen molar-refractivity contribution in [3.8, 4) is 0 Å². The Morgan fingerprint density at radius 2 is 1.83 bits per heavy atom. The molecule has 100 valence electrons. The zero-order valence-corrected chi connectivity index (χ0v) is 11.3. The van der Waals surface area contributed by atoms with Gasteiger partial charge in [-0.25, -0.2) is 0 Å². The minimum atomic E-state index is 0.0710. The molecular weight excluding hydrogens is 224 g/mol. The van der Waals surface area contributed by atoms with E-state index in [0.717, 1.165) is 12.8 Å². The van der Waals surface area contributed by atoms with Gasteiger partial charge in [-0.05, 0) is 18.6 Å². The summed E-state index contributed by atoms with van der Waals surface area (Å²) in [5.74, 6) is 0.0710. The van der Waals surface area contributed by atoms with Gasteiger partial charge in [-0.15, -0.1) is 0 Å². The molecule has 0 fully saturated rings. The van der Waals surface area contributed by atoms with E-state index in [9.17, 15) is 4.79 Å². The van der Waals surface area contributed by atoms with Gasteiger partial charge in [-0.2, -0.15) is 0 Å². The van der Waals surface area contributed by atoms with Crippen LogP contribution in [0.4, 0.5) is 5.69 Å². The molecule has 1 aromatic rings. The van der Waals surface area contributed by atoms with Crippen LogP contribution in [0.1, 0.15) is 68.8 Å². The first-order chi connectivity index (χ1) is 8.75. The largest absolute Gasteiger partial charge is 0.397 e. The molecule has 18 heavy (non-hydrogen) atoms. The quantitative estimate of drug-likeness (QED) is 0.531. The van der Waals surface area contributed by atoms with Gasteiger partial charge < -0.3 is 5.73 Å². The Bertz CT molecular complexity index is 363. The summed E-state index contributed by atoms with van der Waals surface area (Å²) in [6, 6.07) is 3.48. The van der Waals surface area contributed by atoms with E-state index in [1.807, 2.05) is 0 Å². The summed E-state index contributed by atoms with van der Waals surface area (Å²) >= 11 is 0. The zero-order chi connectivity index (χ0) is 13.2. The lowest BCUT2D eigenvalue weighted by Crippen LogP contribution is -2.06. The van der Waals surface area contributed by atoms with Crippen LogP contribution in [0, 0.1) is 0 Å². The molecule has 1 aromatic heterocycles. The molecule has 1 heterocycles. The van der Waals surface area contributed by atoms with Crippen LogP contribution in [0.15, 0.2) is 18.3 Å². The number of pyridine rings is 1. The molecule has 0 amide bonds. The van der Waals surface area contributed by atoms with Crippen LogP contribution in [-0.2, 0) is 0 Å². The number of aromatic nitrogens is 1. The highest BCUT2D eigenvalue weighted by molar-refractivity contribution is 5.98. The lowest BCUT2D eigenvalue weighted by atomic mass is 10.1. The summed E-state index contributed by atoms with van der Waals surface area (Å²) in [6.07, 6.45) is 10.7. The van der Waals surface area contributed by atoms with Crippen molar-refractivity contribution in [2.45, 2.75) is 58.3 Å². The lowest BCUT2D eigenvalue weighted by molar-refractivity contribution is 0.0975. The first kappa shape index (κ1) is 14.7. The number of carbonyl (C=O) groups is 1. The van der Waals surface area contributed by atoms with Crippen molar-refractivity contribution in [1.29, 1.82) is 0 Å². The van der Waals surface area contributed by atoms with Gasteiger partial charge in [0.2, 0.25) is 0 Å². The van der Waals surface area contributed by atoms with Crippen LogP contribution >= 0.6 is 0 Å². The molecule has 0 atom stereocenters. The molecule has 3 nitrogen and oxygen atoms in total. The average Bonchev–Trinajstić information content (AvgIpc) is 2.38. The number of hydrogen-bond acceptors (Lipinski definition) is 3. The Balaban J connectivity index is 2.16. The number of hydrogen-bond donors (Lipinski definition) is 1.